The van der Waals surface area contributed by atoms with E-state index in [1.807, 2.05) is 0 Å². The van der Waals surface area contributed by atoms with Crippen molar-refractivity contribution >= 4 is 35.6 Å². The highest BCUT2D eigenvalue weighted by molar-refractivity contribution is 5.96. The van der Waals surface area contributed by atoms with Crippen LogP contribution in [0.25, 0.3) is 0 Å². The quantitative estimate of drug-likeness (QED) is 0.144. The van der Waals surface area contributed by atoms with E-state index >= 15 is 9.18 Å². The monoisotopic (exact) mass is 855 g/mol. The van der Waals surface area contributed by atoms with Gasteiger partial charge in [0.2, 0.25) is 0 Å². The van der Waals surface area contributed by atoms with Crippen LogP contribution in [0, 0.1) is 16.7 Å². The Labute approximate surface area is 357 Å². The van der Waals surface area contributed by atoms with E-state index in [1.165, 1.54) is 39.8 Å². The molecular formula is C47H50FNO13. The summed E-state index contributed by atoms with van der Waals surface area (Å²) in [5, 5.41) is 28.1. The molecule has 1 saturated heterocycles. The summed E-state index contributed by atoms with van der Waals surface area (Å²) in [6.45, 7) is 7.64. The standard InChI is InChI=1S/C47H50FNO13/c1-25-31(60-43(56)36(52)35(28-16-10-7-11-17-28)49-41(54)29-18-12-8-13-19-29)23-47(57)40(61-42(55)30-20-14-9-15-21-30)38-45(6,32(48)22-33-46(38,24-58-33)62-27(3)51)39(53)37(59-26(2)50)34(25)44(47,4)5/h7-21,31-33,35-38,40,52,57H,22-24H2,1-6H3,(H,49,54)/t31-,32+,33+,35-,36+,37+,38-,40-,45+,46-,47+/m0/s1. The number of ether oxygens (including phenoxy) is 5. The van der Waals surface area contributed by atoms with Crippen LogP contribution in [0.5, 0.6) is 0 Å². The average molecular weight is 856 g/mol. The Morgan fingerprint density at radius 1 is 0.839 bits per heavy atom. The van der Waals surface area contributed by atoms with E-state index in [4.69, 9.17) is 23.7 Å². The number of fused-ring (bicyclic) bond motifs is 5. The first-order chi connectivity index (χ1) is 29.3. The molecule has 1 amide bonds. The van der Waals surface area contributed by atoms with E-state index < -0.39 is 119 Å². The van der Waals surface area contributed by atoms with E-state index in [-0.39, 0.29) is 28.9 Å². The fraction of sp³-hybridized carbons (Fsp3) is 0.447. The summed E-state index contributed by atoms with van der Waals surface area (Å²) < 4.78 is 47.2. The maximum atomic E-state index is 17.2. The second-order valence-corrected chi connectivity index (χ2v) is 17.3. The molecular weight excluding hydrogens is 806 g/mol. The molecule has 62 heavy (non-hydrogen) atoms. The third kappa shape index (κ3) is 7.29. The van der Waals surface area contributed by atoms with Gasteiger partial charge in [0, 0.05) is 37.7 Å². The Balaban J connectivity index is 1.39. The summed E-state index contributed by atoms with van der Waals surface area (Å²) >= 11 is 0. The van der Waals surface area contributed by atoms with Crippen molar-refractivity contribution in [3.63, 3.8) is 0 Å². The molecule has 0 unspecified atom stereocenters. The SMILES string of the molecule is CC(=O)O[C@H]1C(=O)[C@]2(C)[C@H](F)C[C@H]3OC[C@@]3(OC(C)=O)[C@H]2[C@H](OC(=O)c2ccccc2)[C@]2(O)C[C@H](OC(=O)[C@H](O)[C@@H](NC(=O)c3ccccc3)c3ccccc3)C(C)=C1C2(C)C. The van der Waals surface area contributed by atoms with Crippen LogP contribution in [0.1, 0.15) is 86.7 Å². The molecule has 0 aromatic heterocycles. The Bertz CT molecular complexity index is 2290. The Morgan fingerprint density at radius 2 is 1.42 bits per heavy atom. The predicted molar refractivity (Wildman–Crippen MR) is 217 cm³/mol. The van der Waals surface area contributed by atoms with Crippen molar-refractivity contribution in [2.24, 2.45) is 16.7 Å². The number of halogens is 1. The van der Waals surface area contributed by atoms with Crippen molar-refractivity contribution in [1.29, 1.82) is 0 Å². The molecule has 328 valence electrons. The lowest BCUT2D eigenvalue weighted by atomic mass is 9.45. The average Bonchev–Trinajstić information content (AvgIpc) is 3.24. The number of aliphatic hydroxyl groups excluding tert-OH is 1. The predicted octanol–water partition coefficient (Wildman–Crippen LogP) is 4.71. The first kappa shape index (κ1) is 44.3. The number of alkyl halides is 1. The number of carbonyl (C=O) groups is 6. The highest BCUT2D eigenvalue weighted by atomic mass is 19.1. The van der Waals surface area contributed by atoms with Crippen LogP contribution in [0.15, 0.2) is 102 Å². The zero-order valence-corrected chi connectivity index (χ0v) is 35.2. The summed E-state index contributed by atoms with van der Waals surface area (Å²) in [7, 11) is 0. The Kier molecular flexibility index (Phi) is 11.8. The zero-order chi connectivity index (χ0) is 44.9. The van der Waals surface area contributed by atoms with Gasteiger partial charge in [-0.2, -0.15) is 0 Å². The summed E-state index contributed by atoms with van der Waals surface area (Å²) in [5.41, 5.74) is -7.57. The van der Waals surface area contributed by atoms with Gasteiger partial charge >= 0.3 is 23.9 Å². The number of esters is 4. The van der Waals surface area contributed by atoms with Crippen LogP contribution in [-0.2, 0) is 42.9 Å². The number of carbonyl (C=O) groups excluding carboxylic acids is 6. The minimum Gasteiger partial charge on any atom is -0.456 e. The Hall–Kier alpha value is -5.77. The molecule has 15 heteroatoms. The molecule has 0 radical (unpaired) electrons. The van der Waals surface area contributed by atoms with Gasteiger partial charge in [-0.05, 0) is 54.8 Å². The van der Waals surface area contributed by atoms with Crippen molar-refractivity contribution in [2.45, 2.75) is 108 Å². The number of amides is 1. The molecule has 4 aliphatic rings. The molecule has 2 bridgehead atoms. The maximum Gasteiger partial charge on any atom is 0.338 e. The lowest BCUT2D eigenvalue weighted by Gasteiger charge is -2.67. The number of hydrogen-bond donors (Lipinski definition) is 3. The van der Waals surface area contributed by atoms with Gasteiger partial charge in [0.1, 0.15) is 30.1 Å². The molecule has 3 aromatic carbocycles. The molecule has 3 aliphatic carbocycles. The number of hydrogen-bond acceptors (Lipinski definition) is 13. The van der Waals surface area contributed by atoms with Crippen LogP contribution >= 0.6 is 0 Å². The molecule has 14 nitrogen and oxygen atoms in total. The minimum atomic E-state index is -2.45. The molecule has 1 heterocycles. The van der Waals surface area contributed by atoms with Gasteiger partial charge in [-0.1, -0.05) is 80.6 Å². The van der Waals surface area contributed by atoms with E-state index in [1.54, 1.807) is 78.9 Å². The van der Waals surface area contributed by atoms with Crippen molar-refractivity contribution in [2.75, 3.05) is 6.61 Å². The van der Waals surface area contributed by atoms with E-state index in [0.717, 1.165) is 13.8 Å². The number of rotatable bonds is 10. The van der Waals surface area contributed by atoms with Gasteiger partial charge in [0.15, 0.2) is 23.6 Å². The summed E-state index contributed by atoms with van der Waals surface area (Å²) in [4.78, 5) is 83.3. The highest BCUT2D eigenvalue weighted by Crippen LogP contribution is 2.65. The normalized spacial score (nSPS) is 31.9. The number of ketones is 1. The van der Waals surface area contributed by atoms with Crippen molar-refractivity contribution in [1.82, 2.24) is 5.32 Å². The van der Waals surface area contributed by atoms with Crippen LogP contribution in [0.2, 0.25) is 0 Å². The van der Waals surface area contributed by atoms with Crippen LogP contribution in [0.3, 0.4) is 0 Å². The lowest BCUT2D eigenvalue weighted by Crippen LogP contribution is -2.81. The summed E-state index contributed by atoms with van der Waals surface area (Å²) in [5.74, 6) is -7.24. The molecule has 7 rings (SSSR count). The molecule has 3 aromatic rings. The third-order valence-electron chi connectivity index (χ3n) is 13.4. The van der Waals surface area contributed by atoms with Gasteiger partial charge in [0.25, 0.3) is 5.91 Å². The fourth-order valence-electron chi connectivity index (χ4n) is 10.1. The second kappa shape index (κ2) is 16.5. The van der Waals surface area contributed by atoms with Gasteiger partial charge in [0.05, 0.1) is 29.5 Å². The number of nitrogens with one attached hydrogen (secondary N) is 1. The molecule has 2 saturated carbocycles. The Morgan fingerprint density at radius 3 is 1.97 bits per heavy atom. The number of Topliss-reactive ketones (excluding diaryl/α,β-unsaturated/α-hetero) is 1. The topological polar surface area (TPSA) is 201 Å². The minimum absolute atomic E-state index is 0.0377. The summed E-state index contributed by atoms with van der Waals surface area (Å²) in [6, 6.07) is 22.7. The zero-order valence-electron chi connectivity index (χ0n) is 35.2. The van der Waals surface area contributed by atoms with Crippen molar-refractivity contribution in [3.8, 4) is 0 Å². The lowest BCUT2D eigenvalue weighted by molar-refractivity contribution is -0.341. The van der Waals surface area contributed by atoms with Crippen molar-refractivity contribution < 1.29 is 67.1 Å². The fourth-order valence-corrected chi connectivity index (χ4v) is 10.1. The van der Waals surface area contributed by atoms with Gasteiger partial charge in [-0.3, -0.25) is 19.2 Å². The van der Waals surface area contributed by atoms with E-state index in [0.29, 0.717) is 5.56 Å². The largest absolute Gasteiger partial charge is 0.456 e. The molecule has 3 N–H and O–H groups in total. The molecule has 11 atom stereocenters. The van der Waals surface area contributed by atoms with Crippen LogP contribution in [-0.4, -0.2) is 100 Å². The summed E-state index contributed by atoms with van der Waals surface area (Å²) in [6.07, 6.45) is -11.6. The molecule has 3 fully saturated rings. The number of aliphatic hydroxyl groups is 2. The maximum absolute atomic E-state index is 17.2. The van der Waals surface area contributed by atoms with E-state index in [9.17, 15) is 34.2 Å². The molecule has 1 aliphatic heterocycles. The van der Waals surface area contributed by atoms with Crippen molar-refractivity contribution in [3.05, 3.63) is 119 Å². The van der Waals surface area contributed by atoms with Crippen LogP contribution < -0.4 is 5.32 Å². The third-order valence-corrected chi connectivity index (χ3v) is 13.4. The smallest absolute Gasteiger partial charge is 0.338 e. The number of benzene rings is 3. The van der Waals surface area contributed by atoms with Crippen LogP contribution in [0.4, 0.5) is 4.39 Å². The highest BCUT2D eigenvalue weighted by Gasteiger charge is 2.78. The van der Waals surface area contributed by atoms with Gasteiger partial charge < -0.3 is 39.2 Å². The van der Waals surface area contributed by atoms with Gasteiger partial charge in [-0.15, -0.1) is 0 Å². The first-order valence-corrected chi connectivity index (χ1v) is 20.4. The first-order valence-electron chi connectivity index (χ1n) is 20.4. The second-order valence-electron chi connectivity index (χ2n) is 17.3. The molecule has 0 spiro atoms. The van der Waals surface area contributed by atoms with Gasteiger partial charge in [-0.25, -0.2) is 14.0 Å². The van der Waals surface area contributed by atoms with E-state index in [2.05, 4.69) is 5.32 Å².